The summed E-state index contributed by atoms with van der Waals surface area (Å²) in [6.45, 7) is 2.68. The maximum atomic E-state index is 13.0. The van der Waals surface area contributed by atoms with Gasteiger partial charge in [-0.25, -0.2) is 14.4 Å². The van der Waals surface area contributed by atoms with Gasteiger partial charge in [0.25, 0.3) is 0 Å². The van der Waals surface area contributed by atoms with Crippen LogP contribution in [0.4, 0.5) is 16.2 Å². The van der Waals surface area contributed by atoms with Crippen molar-refractivity contribution in [2.45, 2.75) is 25.8 Å². The Balaban J connectivity index is 1.27. The second-order valence-corrected chi connectivity index (χ2v) is 9.78. The summed E-state index contributed by atoms with van der Waals surface area (Å²) in [5.74, 6) is -0.998. The van der Waals surface area contributed by atoms with E-state index >= 15 is 0 Å². The maximum Gasteiger partial charge on any atom is 0.341 e. The highest BCUT2D eigenvalue weighted by molar-refractivity contribution is 6.00. The average Bonchev–Trinajstić information content (AvgIpc) is 3.46. The zero-order valence-electron chi connectivity index (χ0n) is 23.2. The lowest BCUT2D eigenvalue weighted by atomic mass is 9.95. The molecular formula is C31H33N3O7. The highest BCUT2D eigenvalue weighted by Crippen LogP contribution is 2.24. The number of anilines is 2. The fourth-order valence-corrected chi connectivity index (χ4v) is 4.60. The molecule has 0 radical (unpaired) electrons. The molecule has 1 saturated heterocycles. The third-order valence-corrected chi connectivity index (χ3v) is 6.91. The Morgan fingerprint density at radius 3 is 2.34 bits per heavy atom. The molecule has 3 N–H and O–H groups in total. The number of methoxy groups -OCH3 is 2. The lowest BCUT2D eigenvalue weighted by molar-refractivity contribution is -0.121. The van der Waals surface area contributed by atoms with Gasteiger partial charge in [-0.3, -0.25) is 4.79 Å². The van der Waals surface area contributed by atoms with Crippen molar-refractivity contribution in [3.05, 3.63) is 89.0 Å². The summed E-state index contributed by atoms with van der Waals surface area (Å²) >= 11 is 0. The fourth-order valence-electron chi connectivity index (χ4n) is 4.60. The van der Waals surface area contributed by atoms with Crippen molar-refractivity contribution in [1.29, 1.82) is 0 Å². The van der Waals surface area contributed by atoms with Gasteiger partial charge in [-0.15, -0.1) is 0 Å². The Kier molecular flexibility index (Phi) is 9.70. The molecule has 10 heteroatoms. The Labute approximate surface area is 238 Å². The summed E-state index contributed by atoms with van der Waals surface area (Å²) in [5.41, 5.74) is 3.50. The molecule has 2 unspecified atom stereocenters. The van der Waals surface area contributed by atoms with E-state index in [1.54, 1.807) is 12.1 Å². The van der Waals surface area contributed by atoms with E-state index in [9.17, 15) is 19.2 Å². The first-order chi connectivity index (χ1) is 19.8. The van der Waals surface area contributed by atoms with E-state index in [0.29, 0.717) is 18.7 Å². The van der Waals surface area contributed by atoms with Crippen LogP contribution < -0.4 is 20.7 Å². The summed E-state index contributed by atoms with van der Waals surface area (Å²) in [6.07, 6.45) is 0.864. The minimum atomic E-state index is -0.633. The first-order valence-corrected chi connectivity index (χ1v) is 13.2. The summed E-state index contributed by atoms with van der Waals surface area (Å²) in [5, 5.41) is 8.94. The van der Waals surface area contributed by atoms with Gasteiger partial charge in [0, 0.05) is 36.3 Å². The van der Waals surface area contributed by atoms with Gasteiger partial charge in [-0.05, 0) is 60.9 Å². The predicted octanol–water partition coefficient (Wildman–Crippen LogP) is 4.38. The number of carbonyl (C=O) groups excluding carboxylic acids is 4. The normalized spacial score (nSPS) is 16.0. The first-order valence-electron chi connectivity index (χ1n) is 13.2. The van der Waals surface area contributed by atoms with Gasteiger partial charge in [0.2, 0.25) is 0 Å². The van der Waals surface area contributed by atoms with Crippen LogP contribution in [0, 0.1) is 12.8 Å². The zero-order chi connectivity index (χ0) is 29.4. The summed E-state index contributed by atoms with van der Waals surface area (Å²) in [4.78, 5) is 49.4. The van der Waals surface area contributed by atoms with Crippen LogP contribution in [0.2, 0.25) is 0 Å². The number of ketones is 1. The van der Waals surface area contributed by atoms with Gasteiger partial charge in [-0.2, -0.15) is 0 Å². The number of hydrogen-bond donors (Lipinski definition) is 3. The van der Waals surface area contributed by atoms with Crippen LogP contribution in [0.3, 0.4) is 0 Å². The minimum absolute atomic E-state index is 0.0897. The van der Waals surface area contributed by atoms with Crippen molar-refractivity contribution >= 4 is 35.1 Å². The van der Waals surface area contributed by atoms with E-state index in [-0.39, 0.29) is 53.7 Å². The Hall–Kier alpha value is -4.70. The molecule has 0 saturated carbocycles. The number of nitrogens with one attached hydrogen (secondary N) is 3. The minimum Gasteiger partial charge on any atom is -0.491 e. The molecule has 3 aromatic carbocycles. The average molecular weight is 560 g/mol. The quantitative estimate of drug-likeness (QED) is 0.312. The third kappa shape index (κ3) is 7.70. The number of rotatable bonds is 10. The second kappa shape index (κ2) is 13.6. The van der Waals surface area contributed by atoms with Crippen LogP contribution in [0.5, 0.6) is 5.75 Å². The van der Waals surface area contributed by atoms with Gasteiger partial charge >= 0.3 is 18.0 Å². The standard InChI is InChI=1S/C31H33N3O7/c1-19-6-4-5-7-26(19)34-31(38)33-23-11-8-20(9-12-23)14-27(35)22-15-24(32-17-22)18-41-28-13-10-21(29(36)39-2)16-25(28)30(37)40-3/h4-13,16,22,24,32H,14-15,17-18H2,1-3H3,(H2,33,34,38). The predicted molar refractivity (Wildman–Crippen MR) is 153 cm³/mol. The van der Waals surface area contributed by atoms with Crippen LogP contribution >= 0.6 is 0 Å². The molecule has 41 heavy (non-hydrogen) atoms. The van der Waals surface area contributed by atoms with Crippen molar-refractivity contribution in [2.75, 3.05) is 38.0 Å². The number of carbonyl (C=O) groups is 4. The summed E-state index contributed by atoms with van der Waals surface area (Å²) in [6, 6.07) is 18.7. The van der Waals surface area contributed by atoms with Crippen LogP contribution in [-0.2, 0) is 20.7 Å². The van der Waals surface area contributed by atoms with Crippen LogP contribution in [0.1, 0.15) is 38.3 Å². The van der Waals surface area contributed by atoms with Crippen LogP contribution in [0.15, 0.2) is 66.7 Å². The van der Waals surface area contributed by atoms with Crippen molar-refractivity contribution in [3.63, 3.8) is 0 Å². The molecule has 1 heterocycles. The van der Waals surface area contributed by atoms with E-state index in [1.165, 1.54) is 32.4 Å². The van der Waals surface area contributed by atoms with Crippen LogP contribution in [0.25, 0.3) is 0 Å². The molecule has 4 rings (SSSR count). The Bertz CT molecular complexity index is 1420. The SMILES string of the molecule is COC(=O)c1ccc(OCC2CC(C(=O)Cc3ccc(NC(=O)Nc4ccccc4C)cc3)CN2)c(C(=O)OC)c1. The lowest BCUT2D eigenvalue weighted by Crippen LogP contribution is -2.28. The number of amides is 2. The maximum absolute atomic E-state index is 13.0. The number of benzene rings is 3. The molecule has 10 nitrogen and oxygen atoms in total. The summed E-state index contributed by atoms with van der Waals surface area (Å²) in [7, 11) is 2.51. The Morgan fingerprint density at radius 2 is 1.63 bits per heavy atom. The molecule has 0 spiro atoms. The molecular weight excluding hydrogens is 526 g/mol. The molecule has 1 aliphatic heterocycles. The van der Waals surface area contributed by atoms with E-state index in [2.05, 4.69) is 16.0 Å². The molecule has 2 atom stereocenters. The van der Waals surface area contributed by atoms with Crippen molar-refractivity contribution in [1.82, 2.24) is 5.32 Å². The number of hydrogen-bond acceptors (Lipinski definition) is 8. The monoisotopic (exact) mass is 559 g/mol. The van der Waals surface area contributed by atoms with Crippen molar-refractivity contribution < 1.29 is 33.4 Å². The smallest absolute Gasteiger partial charge is 0.341 e. The number of Topliss-reactive ketones (excluding diaryl/α,β-unsaturated/α-hetero) is 1. The van der Waals surface area contributed by atoms with Gasteiger partial charge in [0.05, 0.1) is 19.8 Å². The van der Waals surface area contributed by atoms with E-state index in [1.807, 2.05) is 43.3 Å². The number of ether oxygens (including phenoxy) is 3. The van der Waals surface area contributed by atoms with Crippen molar-refractivity contribution in [2.24, 2.45) is 5.92 Å². The molecule has 1 aliphatic rings. The fraction of sp³-hybridized carbons (Fsp3) is 0.290. The summed E-state index contributed by atoms with van der Waals surface area (Å²) < 4.78 is 15.4. The first kappa shape index (κ1) is 29.3. The van der Waals surface area contributed by atoms with E-state index < -0.39 is 11.9 Å². The molecule has 0 aromatic heterocycles. The second-order valence-electron chi connectivity index (χ2n) is 9.78. The van der Waals surface area contributed by atoms with Crippen LogP contribution in [-0.4, -0.2) is 57.2 Å². The van der Waals surface area contributed by atoms with Gasteiger partial charge in [0.15, 0.2) is 0 Å². The number of para-hydroxylation sites is 1. The molecule has 214 valence electrons. The number of urea groups is 1. The highest BCUT2D eigenvalue weighted by atomic mass is 16.5. The van der Waals surface area contributed by atoms with Gasteiger partial charge < -0.3 is 30.2 Å². The molecule has 0 bridgehead atoms. The topological polar surface area (TPSA) is 132 Å². The van der Waals surface area contributed by atoms with Gasteiger partial charge in [0.1, 0.15) is 23.7 Å². The third-order valence-electron chi connectivity index (χ3n) is 6.91. The molecule has 0 aliphatic carbocycles. The van der Waals surface area contributed by atoms with E-state index in [4.69, 9.17) is 14.2 Å². The largest absolute Gasteiger partial charge is 0.491 e. The highest BCUT2D eigenvalue weighted by Gasteiger charge is 2.30. The number of esters is 2. The van der Waals surface area contributed by atoms with E-state index in [0.717, 1.165) is 16.8 Å². The number of aryl methyl sites for hydroxylation is 1. The van der Waals surface area contributed by atoms with Gasteiger partial charge in [-0.1, -0.05) is 30.3 Å². The lowest BCUT2D eigenvalue weighted by Gasteiger charge is -2.15. The molecule has 3 aromatic rings. The molecule has 2 amide bonds. The van der Waals surface area contributed by atoms with Crippen molar-refractivity contribution in [3.8, 4) is 5.75 Å². The zero-order valence-corrected chi connectivity index (χ0v) is 23.2. The Morgan fingerprint density at radius 1 is 0.902 bits per heavy atom. The molecule has 1 fully saturated rings.